The smallest absolute Gasteiger partial charge is 0.283 e. The van der Waals surface area contributed by atoms with E-state index in [9.17, 15) is 13.2 Å². The summed E-state index contributed by atoms with van der Waals surface area (Å²) in [6, 6.07) is 3.60. The summed E-state index contributed by atoms with van der Waals surface area (Å²) in [7, 11) is -3.90. The van der Waals surface area contributed by atoms with Gasteiger partial charge in [-0.15, -0.1) is 11.3 Å². The second kappa shape index (κ2) is 6.40. The zero-order chi connectivity index (χ0) is 15.5. The van der Waals surface area contributed by atoms with Crippen LogP contribution in [0.5, 0.6) is 0 Å². The first-order chi connectivity index (χ1) is 9.87. The summed E-state index contributed by atoms with van der Waals surface area (Å²) in [6.45, 7) is 4.72. The van der Waals surface area contributed by atoms with Gasteiger partial charge < -0.3 is 4.57 Å². The maximum atomic E-state index is 12.1. The number of hydrogen-bond acceptors (Lipinski definition) is 5. The lowest BCUT2D eigenvalue weighted by Gasteiger charge is -2.05. The quantitative estimate of drug-likeness (QED) is 0.875. The molecule has 1 amide bonds. The molecule has 0 fully saturated rings. The van der Waals surface area contributed by atoms with Gasteiger partial charge in [-0.1, -0.05) is 19.9 Å². The van der Waals surface area contributed by atoms with Crippen LogP contribution in [-0.2, 0) is 27.8 Å². The molecule has 0 aliphatic carbocycles. The zero-order valence-electron chi connectivity index (χ0n) is 11.8. The second-order valence-electron chi connectivity index (χ2n) is 5.09. The van der Waals surface area contributed by atoms with Crippen LogP contribution in [0.15, 0.2) is 35.1 Å². The average molecular weight is 327 g/mol. The SMILES string of the molecule is CC(C)Cn1cnc(S(=O)(=O)NC(=O)Cc2cccs2)c1. The van der Waals surface area contributed by atoms with Gasteiger partial charge in [0.15, 0.2) is 5.03 Å². The third-order valence-corrected chi connectivity index (χ3v) is 4.76. The molecule has 0 saturated heterocycles. The van der Waals surface area contributed by atoms with Gasteiger partial charge in [0.1, 0.15) is 0 Å². The highest BCUT2D eigenvalue weighted by Crippen LogP contribution is 2.11. The van der Waals surface area contributed by atoms with Crippen LogP contribution in [0.1, 0.15) is 18.7 Å². The van der Waals surface area contributed by atoms with Crippen molar-refractivity contribution in [3.05, 3.63) is 34.9 Å². The van der Waals surface area contributed by atoms with Crippen LogP contribution in [0.3, 0.4) is 0 Å². The number of carbonyl (C=O) groups is 1. The van der Waals surface area contributed by atoms with Crippen molar-refractivity contribution in [2.45, 2.75) is 31.8 Å². The predicted octanol–water partition coefficient (Wildman–Crippen LogP) is 1.65. The molecule has 2 aromatic rings. The molecular formula is C13H17N3O3S2. The number of sulfonamides is 1. The molecule has 0 radical (unpaired) electrons. The molecule has 0 aliphatic rings. The number of imidazole rings is 1. The molecule has 0 unspecified atom stereocenters. The highest BCUT2D eigenvalue weighted by Gasteiger charge is 2.20. The first kappa shape index (κ1) is 15.7. The van der Waals surface area contributed by atoms with Gasteiger partial charge in [-0.25, -0.2) is 9.71 Å². The van der Waals surface area contributed by atoms with Crippen LogP contribution in [0.25, 0.3) is 0 Å². The Balaban J connectivity index is 2.04. The van der Waals surface area contributed by atoms with Crippen molar-refractivity contribution in [1.82, 2.24) is 14.3 Å². The molecular weight excluding hydrogens is 310 g/mol. The van der Waals surface area contributed by atoms with E-state index >= 15 is 0 Å². The monoisotopic (exact) mass is 327 g/mol. The van der Waals surface area contributed by atoms with Gasteiger partial charge in [0.05, 0.1) is 12.7 Å². The molecule has 0 aromatic carbocycles. The Kier molecular flexibility index (Phi) is 4.79. The first-order valence-electron chi connectivity index (χ1n) is 6.46. The van der Waals surface area contributed by atoms with Crippen molar-refractivity contribution in [1.29, 1.82) is 0 Å². The zero-order valence-corrected chi connectivity index (χ0v) is 13.4. The number of amides is 1. The molecule has 2 rings (SSSR count). The van der Waals surface area contributed by atoms with Crippen LogP contribution in [0.2, 0.25) is 0 Å². The maximum absolute atomic E-state index is 12.1. The fourth-order valence-electron chi connectivity index (χ4n) is 1.81. The fraction of sp³-hybridized carbons (Fsp3) is 0.385. The lowest BCUT2D eigenvalue weighted by Crippen LogP contribution is -2.31. The van der Waals surface area contributed by atoms with Crippen molar-refractivity contribution in [2.24, 2.45) is 5.92 Å². The predicted molar refractivity (Wildman–Crippen MR) is 80.4 cm³/mol. The Bertz CT molecular complexity index is 703. The van der Waals surface area contributed by atoms with Crippen molar-refractivity contribution >= 4 is 27.3 Å². The second-order valence-corrected chi connectivity index (χ2v) is 7.75. The Morgan fingerprint density at radius 1 is 1.48 bits per heavy atom. The van der Waals surface area contributed by atoms with Gasteiger partial charge in [-0.05, 0) is 17.4 Å². The molecule has 0 bridgehead atoms. The molecule has 2 aromatic heterocycles. The maximum Gasteiger partial charge on any atom is 0.283 e. The topological polar surface area (TPSA) is 81.1 Å². The molecule has 6 nitrogen and oxygen atoms in total. The standard InChI is InChI=1S/C13H17N3O3S2/c1-10(2)7-16-8-13(14-9-16)21(18,19)15-12(17)6-11-4-3-5-20-11/h3-5,8-10H,6-7H2,1-2H3,(H,15,17). The first-order valence-corrected chi connectivity index (χ1v) is 8.83. The number of nitrogens with one attached hydrogen (secondary N) is 1. The van der Waals surface area contributed by atoms with Gasteiger partial charge >= 0.3 is 0 Å². The minimum absolute atomic E-state index is 0.0452. The lowest BCUT2D eigenvalue weighted by molar-refractivity contribution is -0.118. The Morgan fingerprint density at radius 2 is 2.24 bits per heavy atom. The highest BCUT2D eigenvalue weighted by atomic mass is 32.2. The number of aromatic nitrogens is 2. The van der Waals surface area contributed by atoms with E-state index in [2.05, 4.69) is 4.98 Å². The lowest BCUT2D eigenvalue weighted by atomic mass is 10.2. The summed E-state index contributed by atoms with van der Waals surface area (Å²) in [5.74, 6) is -0.181. The van der Waals surface area contributed by atoms with E-state index in [1.54, 1.807) is 10.6 Å². The summed E-state index contributed by atoms with van der Waals surface area (Å²) in [6.07, 6.45) is 2.93. The van der Waals surface area contributed by atoms with Crippen molar-refractivity contribution < 1.29 is 13.2 Å². The molecule has 0 atom stereocenters. The number of thiophene rings is 1. The molecule has 8 heteroatoms. The Morgan fingerprint density at radius 3 is 2.86 bits per heavy atom. The Hall–Kier alpha value is -1.67. The van der Waals surface area contributed by atoms with E-state index in [4.69, 9.17) is 0 Å². The van der Waals surface area contributed by atoms with Crippen molar-refractivity contribution in [2.75, 3.05) is 0 Å². The van der Waals surface area contributed by atoms with Crippen LogP contribution >= 0.6 is 11.3 Å². The van der Waals surface area contributed by atoms with E-state index in [0.29, 0.717) is 12.5 Å². The molecule has 0 spiro atoms. The molecule has 1 N–H and O–H groups in total. The molecule has 21 heavy (non-hydrogen) atoms. The summed E-state index contributed by atoms with van der Waals surface area (Å²) >= 11 is 1.41. The third kappa shape index (κ3) is 4.40. The number of nitrogens with zero attached hydrogens (tertiary/aromatic N) is 2. The van der Waals surface area contributed by atoms with Gasteiger partial charge in [0.2, 0.25) is 5.91 Å². The summed E-state index contributed by atoms with van der Waals surface area (Å²) in [4.78, 5) is 16.4. The number of carbonyl (C=O) groups excluding carboxylic acids is 1. The van der Waals surface area contributed by atoms with Gasteiger partial charge in [-0.3, -0.25) is 4.79 Å². The van der Waals surface area contributed by atoms with Crippen LogP contribution in [0, 0.1) is 5.92 Å². The van der Waals surface area contributed by atoms with E-state index < -0.39 is 15.9 Å². The highest BCUT2D eigenvalue weighted by molar-refractivity contribution is 7.90. The van der Waals surface area contributed by atoms with E-state index in [1.807, 2.05) is 30.0 Å². The van der Waals surface area contributed by atoms with E-state index in [0.717, 1.165) is 4.88 Å². The minimum Gasteiger partial charge on any atom is -0.336 e. The number of rotatable bonds is 6. The largest absolute Gasteiger partial charge is 0.336 e. The third-order valence-electron chi connectivity index (χ3n) is 2.62. The summed E-state index contributed by atoms with van der Waals surface area (Å²) in [5.41, 5.74) is 0. The summed E-state index contributed by atoms with van der Waals surface area (Å²) in [5, 5.41) is 1.70. The normalized spacial score (nSPS) is 11.8. The Labute approximate surface area is 127 Å². The molecule has 0 aliphatic heterocycles. The number of hydrogen-bond donors (Lipinski definition) is 1. The van der Waals surface area contributed by atoms with Crippen LogP contribution in [-0.4, -0.2) is 23.9 Å². The van der Waals surface area contributed by atoms with Crippen molar-refractivity contribution in [3.8, 4) is 0 Å². The van der Waals surface area contributed by atoms with Crippen LogP contribution < -0.4 is 4.72 Å². The molecule has 2 heterocycles. The van der Waals surface area contributed by atoms with E-state index in [1.165, 1.54) is 23.9 Å². The molecule has 0 saturated carbocycles. The van der Waals surface area contributed by atoms with Crippen molar-refractivity contribution in [3.63, 3.8) is 0 Å². The minimum atomic E-state index is -3.90. The van der Waals surface area contributed by atoms with E-state index in [-0.39, 0.29) is 11.4 Å². The average Bonchev–Trinajstić information content (AvgIpc) is 2.98. The summed E-state index contributed by atoms with van der Waals surface area (Å²) < 4.78 is 27.9. The van der Waals surface area contributed by atoms with Gasteiger partial charge in [0, 0.05) is 17.6 Å². The molecule has 114 valence electrons. The van der Waals surface area contributed by atoms with Gasteiger partial charge in [0.25, 0.3) is 10.0 Å². The fourth-order valence-corrected chi connectivity index (χ4v) is 3.45. The van der Waals surface area contributed by atoms with Crippen LogP contribution in [0.4, 0.5) is 0 Å². The van der Waals surface area contributed by atoms with Gasteiger partial charge in [-0.2, -0.15) is 8.42 Å².